The van der Waals surface area contributed by atoms with E-state index in [1.165, 1.54) is 28.7 Å². The molecule has 0 fully saturated rings. The molecular weight excluding hydrogens is 218 g/mol. The van der Waals surface area contributed by atoms with Crippen LogP contribution in [0.3, 0.4) is 0 Å². The predicted octanol–water partition coefficient (Wildman–Crippen LogP) is 4.16. The van der Waals surface area contributed by atoms with E-state index in [0.717, 1.165) is 13.1 Å². The highest BCUT2D eigenvalue weighted by Gasteiger charge is 1.99. The summed E-state index contributed by atoms with van der Waals surface area (Å²) < 4.78 is 0. The molecule has 0 amide bonds. The zero-order valence-corrected chi connectivity index (χ0v) is 11.2. The maximum Gasteiger partial charge on any atom is 0.0205 e. The fourth-order valence-corrected chi connectivity index (χ4v) is 2.09. The zero-order valence-electron chi connectivity index (χ0n) is 11.2. The average molecular weight is 239 g/mol. The molecule has 0 spiro atoms. The summed E-state index contributed by atoms with van der Waals surface area (Å²) in [5.41, 5.74) is 5.26. The zero-order chi connectivity index (χ0) is 12.8. The van der Waals surface area contributed by atoms with E-state index in [2.05, 4.69) is 67.7 Å². The molecule has 1 nitrogen and oxygen atoms in total. The van der Waals surface area contributed by atoms with Crippen molar-refractivity contribution in [2.75, 3.05) is 6.54 Å². The van der Waals surface area contributed by atoms with Gasteiger partial charge in [0.15, 0.2) is 0 Å². The second-order valence-electron chi connectivity index (χ2n) is 4.75. The molecule has 0 bridgehead atoms. The van der Waals surface area contributed by atoms with Crippen LogP contribution >= 0.6 is 0 Å². The lowest BCUT2D eigenvalue weighted by molar-refractivity contribution is 0.675. The summed E-state index contributed by atoms with van der Waals surface area (Å²) in [6.45, 7) is 6.36. The van der Waals surface area contributed by atoms with Crippen molar-refractivity contribution in [1.82, 2.24) is 5.32 Å². The molecule has 2 aromatic carbocycles. The molecule has 1 N–H and O–H groups in total. The van der Waals surface area contributed by atoms with Gasteiger partial charge in [0.25, 0.3) is 0 Å². The molecule has 0 saturated carbocycles. The van der Waals surface area contributed by atoms with Gasteiger partial charge in [0.05, 0.1) is 0 Å². The van der Waals surface area contributed by atoms with E-state index in [-0.39, 0.29) is 0 Å². The molecule has 0 saturated heterocycles. The first-order valence-corrected chi connectivity index (χ1v) is 6.66. The topological polar surface area (TPSA) is 12.0 Å². The van der Waals surface area contributed by atoms with Gasteiger partial charge in [0.1, 0.15) is 0 Å². The van der Waals surface area contributed by atoms with Crippen molar-refractivity contribution in [3.63, 3.8) is 0 Å². The Morgan fingerprint density at radius 2 is 1.67 bits per heavy atom. The summed E-state index contributed by atoms with van der Waals surface area (Å²) in [6.07, 6.45) is 1.18. The number of hydrogen-bond donors (Lipinski definition) is 1. The van der Waals surface area contributed by atoms with Gasteiger partial charge in [-0.05, 0) is 42.6 Å². The van der Waals surface area contributed by atoms with Gasteiger partial charge in [-0.1, -0.05) is 55.0 Å². The Morgan fingerprint density at radius 3 is 2.39 bits per heavy atom. The molecule has 0 heterocycles. The van der Waals surface area contributed by atoms with E-state index in [0.29, 0.717) is 0 Å². The normalized spacial score (nSPS) is 10.6. The van der Waals surface area contributed by atoms with E-state index in [1.807, 2.05) is 0 Å². The molecule has 94 valence electrons. The SMILES string of the molecule is CCCNCc1cccc(-c2cccc(C)c2)c1. The van der Waals surface area contributed by atoms with Crippen LogP contribution in [0.2, 0.25) is 0 Å². The van der Waals surface area contributed by atoms with Crippen LogP contribution in [-0.4, -0.2) is 6.54 Å². The highest BCUT2D eigenvalue weighted by atomic mass is 14.8. The first-order valence-electron chi connectivity index (χ1n) is 6.66. The Bertz CT molecular complexity index is 502. The second-order valence-corrected chi connectivity index (χ2v) is 4.75. The number of benzene rings is 2. The third-order valence-corrected chi connectivity index (χ3v) is 3.03. The molecule has 0 aliphatic rings. The average Bonchev–Trinajstić information content (AvgIpc) is 2.39. The Labute approximate surface area is 110 Å². The van der Waals surface area contributed by atoms with E-state index in [4.69, 9.17) is 0 Å². The van der Waals surface area contributed by atoms with Crippen molar-refractivity contribution in [3.05, 3.63) is 59.7 Å². The van der Waals surface area contributed by atoms with Crippen molar-refractivity contribution >= 4 is 0 Å². The molecule has 0 aromatic heterocycles. The minimum Gasteiger partial charge on any atom is -0.313 e. The molecule has 0 aliphatic heterocycles. The van der Waals surface area contributed by atoms with Gasteiger partial charge < -0.3 is 5.32 Å². The van der Waals surface area contributed by atoms with Gasteiger partial charge in [0, 0.05) is 6.54 Å². The summed E-state index contributed by atoms with van der Waals surface area (Å²) in [5, 5.41) is 3.44. The Morgan fingerprint density at radius 1 is 0.944 bits per heavy atom. The number of nitrogens with one attached hydrogen (secondary N) is 1. The molecule has 18 heavy (non-hydrogen) atoms. The van der Waals surface area contributed by atoms with Crippen LogP contribution in [0.15, 0.2) is 48.5 Å². The molecule has 0 radical (unpaired) electrons. The lowest BCUT2D eigenvalue weighted by Crippen LogP contribution is -2.13. The van der Waals surface area contributed by atoms with Gasteiger partial charge in [-0.25, -0.2) is 0 Å². The maximum absolute atomic E-state index is 3.44. The third kappa shape index (κ3) is 3.44. The monoisotopic (exact) mass is 239 g/mol. The molecular formula is C17H21N. The van der Waals surface area contributed by atoms with Gasteiger partial charge in [-0.2, -0.15) is 0 Å². The highest BCUT2D eigenvalue weighted by molar-refractivity contribution is 5.64. The lowest BCUT2D eigenvalue weighted by Gasteiger charge is -2.07. The highest BCUT2D eigenvalue weighted by Crippen LogP contribution is 2.21. The molecule has 1 heteroatoms. The maximum atomic E-state index is 3.44. The van der Waals surface area contributed by atoms with Crippen LogP contribution in [-0.2, 0) is 6.54 Å². The quantitative estimate of drug-likeness (QED) is 0.772. The predicted molar refractivity (Wildman–Crippen MR) is 78.6 cm³/mol. The number of hydrogen-bond acceptors (Lipinski definition) is 1. The molecule has 0 aliphatic carbocycles. The van der Waals surface area contributed by atoms with E-state index in [1.54, 1.807) is 0 Å². The summed E-state index contributed by atoms with van der Waals surface area (Å²) in [5.74, 6) is 0. The Balaban J connectivity index is 2.16. The van der Waals surface area contributed by atoms with Crippen molar-refractivity contribution in [3.8, 4) is 11.1 Å². The molecule has 0 atom stereocenters. The standard InChI is InChI=1S/C17H21N/c1-3-10-18-13-15-7-5-9-17(12-15)16-8-4-6-14(2)11-16/h4-9,11-12,18H,3,10,13H2,1-2H3. The first-order chi connectivity index (χ1) is 8.79. The van der Waals surface area contributed by atoms with Crippen molar-refractivity contribution in [1.29, 1.82) is 0 Å². The van der Waals surface area contributed by atoms with Gasteiger partial charge >= 0.3 is 0 Å². The van der Waals surface area contributed by atoms with Crippen molar-refractivity contribution < 1.29 is 0 Å². The third-order valence-electron chi connectivity index (χ3n) is 3.03. The summed E-state index contributed by atoms with van der Waals surface area (Å²) in [7, 11) is 0. The van der Waals surface area contributed by atoms with Crippen LogP contribution in [0.1, 0.15) is 24.5 Å². The second kappa shape index (κ2) is 6.36. The fourth-order valence-electron chi connectivity index (χ4n) is 2.09. The minimum atomic E-state index is 0.952. The minimum absolute atomic E-state index is 0.952. The molecule has 2 rings (SSSR count). The number of aryl methyl sites for hydroxylation is 1. The van der Waals surface area contributed by atoms with E-state index >= 15 is 0 Å². The van der Waals surface area contributed by atoms with Gasteiger partial charge in [-0.3, -0.25) is 0 Å². The smallest absolute Gasteiger partial charge is 0.0205 e. The summed E-state index contributed by atoms with van der Waals surface area (Å²) >= 11 is 0. The molecule has 0 unspecified atom stereocenters. The van der Waals surface area contributed by atoms with Crippen LogP contribution in [0.4, 0.5) is 0 Å². The van der Waals surface area contributed by atoms with Crippen molar-refractivity contribution in [2.45, 2.75) is 26.8 Å². The summed E-state index contributed by atoms with van der Waals surface area (Å²) in [4.78, 5) is 0. The van der Waals surface area contributed by atoms with Crippen LogP contribution in [0.5, 0.6) is 0 Å². The van der Waals surface area contributed by atoms with E-state index < -0.39 is 0 Å². The van der Waals surface area contributed by atoms with Gasteiger partial charge in [-0.15, -0.1) is 0 Å². The Kier molecular flexibility index (Phi) is 4.54. The molecule has 2 aromatic rings. The summed E-state index contributed by atoms with van der Waals surface area (Å²) in [6, 6.07) is 17.4. The fraction of sp³-hybridized carbons (Fsp3) is 0.294. The number of rotatable bonds is 5. The first kappa shape index (κ1) is 12.8. The largest absolute Gasteiger partial charge is 0.313 e. The van der Waals surface area contributed by atoms with Gasteiger partial charge in [0.2, 0.25) is 0 Å². The van der Waals surface area contributed by atoms with E-state index in [9.17, 15) is 0 Å². The van der Waals surface area contributed by atoms with Crippen LogP contribution in [0, 0.1) is 6.92 Å². The lowest BCUT2D eigenvalue weighted by atomic mass is 10.0. The Hall–Kier alpha value is -1.60. The van der Waals surface area contributed by atoms with Crippen LogP contribution < -0.4 is 5.32 Å². The van der Waals surface area contributed by atoms with Crippen molar-refractivity contribution in [2.24, 2.45) is 0 Å². The van der Waals surface area contributed by atoms with Crippen LogP contribution in [0.25, 0.3) is 11.1 Å².